The van der Waals surface area contributed by atoms with Gasteiger partial charge in [0.05, 0.1) is 5.69 Å². The molecular formula is C19H25N5O5. The highest BCUT2D eigenvalue weighted by Crippen LogP contribution is 2.36. The first-order valence-electron chi connectivity index (χ1n) is 9.99. The number of hydrogen-bond acceptors (Lipinski definition) is 6. The van der Waals surface area contributed by atoms with Crippen molar-refractivity contribution in [2.24, 2.45) is 0 Å². The number of aromatic nitrogens is 1. The van der Waals surface area contributed by atoms with Gasteiger partial charge in [-0.2, -0.15) is 0 Å². The van der Waals surface area contributed by atoms with Crippen LogP contribution in [-0.2, 0) is 9.59 Å². The highest BCUT2D eigenvalue weighted by Gasteiger charge is 2.54. The van der Waals surface area contributed by atoms with Crippen molar-refractivity contribution >= 4 is 23.8 Å². The molecule has 4 rings (SSSR count). The molecule has 1 spiro atoms. The van der Waals surface area contributed by atoms with Crippen LogP contribution in [0.5, 0.6) is 0 Å². The Bertz CT molecular complexity index is 851. The average Bonchev–Trinajstić information content (AvgIpc) is 3.41. The molecule has 0 radical (unpaired) electrons. The number of nitrogens with one attached hydrogen (secondary N) is 1. The maximum Gasteiger partial charge on any atom is 0.325 e. The van der Waals surface area contributed by atoms with Gasteiger partial charge >= 0.3 is 6.03 Å². The minimum atomic E-state index is -0.873. The van der Waals surface area contributed by atoms with Crippen molar-refractivity contribution in [2.45, 2.75) is 51.1 Å². The summed E-state index contributed by atoms with van der Waals surface area (Å²) in [5.41, 5.74) is -0.198. The first-order chi connectivity index (χ1) is 13.8. The molecule has 0 bridgehead atoms. The second kappa shape index (κ2) is 7.16. The number of nitrogens with zero attached hydrogens (tertiary/aromatic N) is 4. The lowest BCUT2D eigenvalue weighted by atomic mass is 9.97. The van der Waals surface area contributed by atoms with E-state index in [1.807, 2.05) is 0 Å². The van der Waals surface area contributed by atoms with Crippen LogP contribution in [0.4, 0.5) is 4.79 Å². The van der Waals surface area contributed by atoms with Gasteiger partial charge in [0.15, 0.2) is 0 Å². The second-order valence-corrected chi connectivity index (χ2v) is 8.02. The van der Waals surface area contributed by atoms with Crippen molar-refractivity contribution in [1.82, 2.24) is 25.2 Å². The summed E-state index contributed by atoms with van der Waals surface area (Å²) in [7, 11) is 0. The zero-order valence-corrected chi connectivity index (χ0v) is 16.6. The zero-order chi connectivity index (χ0) is 20.8. The van der Waals surface area contributed by atoms with Crippen molar-refractivity contribution in [1.29, 1.82) is 0 Å². The SMILES string of the molecule is Cc1cc(C(=O)N2CCN(C(=O)C(C)N3C(=O)NC4(CCCC4)C3=O)CC2)on1. The third-order valence-corrected chi connectivity index (χ3v) is 6.11. The molecular weight excluding hydrogens is 378 g/mol. The van der Waals surface area contributed by atoms with Crippen molar-refractivity contribution in [2.75, 3.05) is 26.2 Å². The minimum absolute atomic E-state index is 0.178. The summed E-state index contributed by atoms with van der Waals surface area (Å²) in [5.74, 6) is -0.665. The quantitative estimate of drug-likeness (QED) is 0.736. The largest absolute Gasteiger partial charge is 0.351 e. The highest BCUT2D eigenvalue weighted by atomic mass is 16.5. The molecule has 1 N–H and O–H groups in total. The maximum absolute atomic E-state index is 12.9. The van der Waals surface area contributed by atoms with Crippen molar-refractivity contribution < 1.29 is 23.7 Å². The number of hydrogen-bond donors (Lipinski definition) is 1. The molecule has 10 nitrogen and oxygen atoms in total. The summed E-state index contributed by atoms with van der Waals surface area (Å²) in [6.45, 7) is 4.68. The monoisotopic (exact) mass is 403 g/mol. The molecule has 1 aliphatic carbocycles. The predicted molar refractivity (Wildman–Crippen MR) is 99.8 cm³/mol. The van der Waals surface area contributed by atoms with E-state index in [1.54, 1.807) is 29.7 Å². The number of carbonyl (C=O) groups is 4. The van der Waals surface area contributed by atoms with Gasteiger partial charge in [-0.25, -0.2) is 9.69 Å². The standard InChI is InChI=1S/C19H25N5O5/c1-12-11-14(29-21-12)16(26)23-9-7-22(8-10-23)15(25)13(2)24-17(27)19(20-18(24)28)5-3-4-6-19/h11,13H,3-10H2,1-2H3,(H,20,28). The number of piperazine rings is 1. The van der Waals surface area contributed by atoms with Crippen LogP contribution in [0, 0.1) is 6.92 Å². The lowest BCUT2D eigenvalue weighted by Crippen LogP contribution is -2.56. The summed E-state index contributed by atoms with van der Waals surface area (Å²) in [6.07, 6.45) is 3.03. The number of rotatable bonds is 3. The molecule has 2 aliphatic heterocycles. The van der Waals surface area contributed by atoms with Gasteiger partial charge in [0, 0.05) is 32.2 Å². The van der Waals surface area contributed by atoms with Gasteiger partial charge in [0.25, 0.3) is 11.8 Å². The van der Waals surface area contributed by atoms with E-state index in [9.17, 15) is 19.2 Å². The van der Waals surface area contributed by atoms with E-state index in [4.69, 9.17) is 4.52 Å². The van der Waals surface area contributed by atoms with E-state index >= 15 is 0 Å². The Labute approximate surface area is 168 Å². The Kier molecular flexibility index (Phi) is 4.79. The topological polar surface area (TPSA) is 116 Å². The molecule has 29 heavy (non-hydrogen) atoms. The van der Waals surface area contributed by atoms with Gasteiger partial charge in [-0.3, -0.25) is 14.4 Å². The molecule has 10 heteroatoms. The molecule has 156 valence electrons. The number of carbonyl (C=O) groups excluding carboxylic acids is 4. The third kappa shape index (κ3) is 3.26. The molecule has 1 atom stereocenters. The minimum Gasteiger partial charge on any atom is -0.351 e. The normalized spacial score (nSPS) is 22.3. The van der Waals surface area contributed by atoms with Crippen LogP contribution < -0.4 is 5.32 Å². The van der Waals surface area contributed by atoms with Crippen LogP contribution in [-0.4, -0.2) is 81.4 Å². The van der Waals surface area contributed by atoms with Crippen molar-refractivity contribution in [3.8, 4) is 0 Å². The smallest absolute Gasteiger partial charge is 0.325 e. The summed E-state index contributed by atoms with van der Waals surface area (Å²) < 4.78 is 5.02. The van der Waals surface area contributed by atoms with Gasteiger partial charge in [0.2, 0.25) is 11.7 Å². The lowest BCUT2D eigenvalue weighted by Gasteiger charge is -2.36. The summed E-state index contributed by atoms with van der Waals surface area (Å²) in [4.78, 5) is 55.0. The fraction of sp³-hybridized carbons (Fsp3) is 0.632. The molecule has 1 saturated carbocycles. The van der Waals surface area contributed by atoms with Gasteiger partial charge in [0.1, 0.15) is 11.6 Å². The van der Waals surface area contributed by atoms with Crippen LogP contribution in [0.2, 0.25) is 0 Å². The molecule has 3 aliphatic rings. The molecule has 2 saturated heterocycles. The zero-order valence-electron chi connectivity index (χ0n) is 16.6. The molecule has 5 amide bonds. The Hall–Kier alpha value is -2.91. The fourth-order valence-corrected chi connectivity index (χ4v) is 4.44. The van der Waals surface area contributed by atoms with E-state index in [0.29, 0.717) is 44.7 Å². The Morgan fingerprint density at radius 1 is 1.14 bits per heavy atom. The van der Waals surface area contributed by atoms with E-state index in [2.05, 4.69) is 10.5 Å². The summed E-state index contributed by atoms with van der Waals surface area (Å²) >= 11 is 0. The molecule has 0 aromatic carbocycles. The fourth-order valence-electron chi connectivity index (χ4n) is 4.44. The van der Waals surface area contributed by atoms with Gasteiger partial charge < -0.3 is 19.6 Å². The summed E-state index contributed by atoms with van der Waals surface area (Å²) in [5, 5.41) is 6.53. The molecule has 1 aromatic rings. The first-order valence-corrected chi connectivity index (χ1v) is 9.99. The number of amides is 5. The first kappa shape index (κ1) is 19.4. The highest BCUT2D eigenvalue weighted by molar-refractivity contribution is 6.10. The van der Waals surface area contributed by atoms with Crippen LogP contribution >= 0.6 is 0 Å². The Morgan fingerprint density at radius 2 is 1.76 bits per heavy atom. The summed E-state index contributed by atoms with van der Waals surface area (Å²) in [6, 6.07) is 0.215. The van der Waals surface area contributed by atoms with E-state index in [1.165, 1.54) is 0 Å². The van der Waals surface area contributed by atoms with Gasteiger partial charge in [-0.05, 0) is 26.7 Å². The van der Waals surface area contributed by atoms with Crippen LogP contribution in [0.1, 0.15) is 48.9 Å². The Morgan fingerprint density at radius 3 is 2.34 bits per heavy atom. The van der Waals surface area contributed by atoms with Crippen LogP contribution in [0.25, 0.3) is 0 Å². The van der Waals surface area contributed by atoms with Crippen LogP contribution in [0.15, 0.2) is 10.6 Å². The van der Waals surface area contributed by atoms with E-state index < -0.39 is 17.6 Å². The molecule has 1 unspecified atom stereocenters. The number of imide groups is 1. The van der Waals surface area contributed by atoms with E-state index in [0.717, 1.165) is 17.7 Å². The van der Waals surface area contributed by atoms with Crippen LogP contribution in [0.3, 0.4) is 0 Å². The Balaban J connectivity index is 1.37. The van der Waals surface area contributed by atoms with Gasteiger partial charge in [-0.15, -0.1) is 0 Å². The van der Waals surface area contributed by atoms with Gasteiger partial charge in [-0.1, -0.05) is 18.0 Å². The van der Waals surface area contributed by atoms with E-state index in [-0.39, 0.29) is 23.5 Å². The molecule has 1 aromatic heterocycles. The number of urea groups is 1. The molecule has 3 heterocycles. The third-order valence-electron chi connectivity index (χ3n) is 6.11. The van der Waals surface area contributed by atoms with Crippen molar-refractivity contribution in [3.63, 3.8) is 0 Å². The van der Waals surface area contributed by atoms with Crippen molar-refractivity contribution in [3.05, 3.63) is 17.5 Å². The number of aryl methyl sites for hydroxylation is 1. The molecule has 3 fully saturated rings. The lowest BCUT2D eigenvalue weighted by molar-refractivity contribution is -0.143. The predicted octanol–water partition coefficient (Wildman–Crippen LogP) is 0.521. The average molecular weight is 403 g/mol. The second-order valence-electron chi connectivity index (χ2n) is 8.02. The maximum atomic E-state index is 12.9.